The maximum Gasteiger partial charge on any atom is 0.329 e. The molecule has 1 amide bonds. The summed E-state index contributed by atoms with van der Waals surface area (Å²) in [6, 6.07) is 18.9. The topological polar surface area (TPSA) is 102 Å². The van der Waals surface area contributed by atoms with Crippen molar-refractivity contribution >= 4 is 57.9 Å². The molecule has 1 N–H and O–H groups in total. The Kier molecular flexibility index (Phi) is 14.3. The monoisotopic (exact) mass is 598 g/mol. The predicted molar refractivity (Wildman–Crippen MR) is 150 cm³/mol. The third-order valence-electron chi connectivity index (χ3n) is 5.75. The molecule has 212 valence electrons. The normalized spacial score (nSPS) is 19.3. The van der Waals surface area contributed by atoms with Gasteiger partial charge < -0.3 is 19.7 Å². The zero-order chi connectivity index (χ0) is 28.8. The molecule has 0 spiro atoms. The quantitative estimate of drug-likeness (QED) is 0.272. The number of carbonyl (C=O) groups is 4. The van der Waals surface area contributed by atoms with E-state index in [0.717, 1.165) is 18.5 Å². The van der Waals surface area contributed by atoms with Crippen molar-refractivity contribution in [2.75, 3.05) is 13.2 Å². The van der Waals surface area contributed by atoms with Crippen molar-refractivity contribution in [3.05, 3.63) is 71.8 Å². The summed E-state index contributed by atoms with van der Waals surface area (Å²) in [5.74, 6) is -0.711. The first-order valence-corrected chi connectivity index (χ1v) is 13.8. The van der Waals surface area contributed by atoms with Crippen LogP contribution in [-0.4, -0.2) is 64.0 Å². The molecule has 39 heavy (non-hydrogen) atoms. The lowest BCUT2D eigenvalue weighted by molar-refractivity contribution is -0.148. The van der Waals surface area contributed by atoms with E-state index in [4.69, 9.17) is 44.3 Å². The molecule has 2 saturated heterocycles. The fraction of sp³-hybridized carbons (Fsp3) is 0.429. The molecule has 2 aliphatic heterocycles. The van der Waals surface area contributed by atoms with Crippen LogP contribution in [0.2, 0.25) is 0 Å². The van der Waals surface area contributed by atoms with Crippen LogP contribution < -0.4 is 5.32 Å². The lowest BCUT2D eigenvalue weighted by atomic mass is 10.1. The van der Waals surface area contributed by atoms with Gasteiger partial charge >= 0.3 is 11.9 Å². The SMILES string of the molecule is C[C@@H](Cl)C(=O)Cl.C[C@@H](Cl)C(=O)N(Cc1ccccc1)C1CCOC1=O.O=C1OCCC1NCc1ccccc1. The number of ether oxygens (including phenoxy) is 2. The van der Waals surface area contributed by atoms with Crippen molar-refractivity contribution in [3.63, 3.8) is 0 Å². The number of hydrogen-bond donors (Lipinski definition) is 1. The number of cyclic esters (lactones) is 2. The molecule has 2 aromatic rings. The lowest BCUT2D eigenvalue weighted by Crippen LogP contribution is -2.45. The highest BCUT2D eigenvalue weighted by molar-refractivity contribution is 6.69. The smallest absolute Gasteiger partial charge is 0.329 e. The third-order valence-corrected chi connectivity index (χ3v) is 6.57. The second-order valence-electron chi connectivity index (χ2n) is 8.84. The van der Waals surface area contributed by atoms with Gasteiger partial charge in [0.05, 0.1) is 13.2 Å². The van der Waals surface area contributed by atoms with Gasteiger partial charge in [0.2, 0.25) is 11.1 Å². The molecule has 0 saturated carbocycles. The summed E-state index contributed by atoms with van der Waals surface area (Å²) in [7, 11) is 0. The van der Waals surface area contributed by atoms with Crippen LogP contribution in [0.5, 0.6) is 0 Å². The van der Waals surface area contributed by atoms with Gasteiger partial charge in [0.1, 0.15) is 22.8 Å². The van der Waals surface area contributed by atoms with Crippen molar-refractivity contribution in [1.29, 1.82) is 0 Å². The predicted octanol–water partition coefficient (Wildman–Crippen LogP) is 4.43. The molecular formula is C28H33Cl3N2O6. The molecule has 0 bridgehead atoms. The number of hydrogen-bond acceptors (Lipinski definition) is 7. The van der Waals surface area contributed by atoms with Crippen LogP contribution in [0.1, 0.15) is 37.8 Å². The van der Waals surface area contributed by atoms with Gasteiger partial charge in [0.15, 0.2) is 0 Å². The minimum atomic E-state index is -0.655. The molecule has 0 radical (unpaired) electrons. The molecule has 2 aliphatic rings. The number of carbonyl (C=O) groups excluding carboxylic acids is 4. The minimum absolute atomic E-state index is 0.116. The van der Waals surface area contributed by atoms with Gasteiger partial charge in [-0.25, -0.2) is 4.79 Å². The lowest BCUT2D eigenvalue weighted by Gasteiger charge is -2.27. The van der Waals surface area contributed by atoms with Crippen molar-refractivity contribution < 1.29 is 28.7 Å². The molecule has 0 aliphatic carbocycles. The van der Waals surface area contributed by atoms with Crippen molar-refractivity contribution in [1.82, 2.24) is 10.2 Å². The van der Waals surface area contributed by atoms with E-state index in [9.17, 15) is 19.2 Å². The third kappa shape index (κ3) is 11.5. The first kappa shape index (κ1) is 32.6. The second-order valence-corrected chi connectivity index (χ2v) is 10.5. The Balaban J connectivity index is 0.000000234. The van der Waals surface area contributed by atoms with Gasteiger partial charge in [-0.3, -0.25) is 14.4 Å². The van der Waals surface area contributed by atoms with E-state index in [0.29, 0.717) is 26.2 Å². The standard InChI is InChI=1S/C14H16ClNO3.C11H13NO2.C3H4Cl2O/c1-10(15)13(17)16(12-7-8-19-14(12)18)9-11-5-3-2-4-6-11;13-11-10(6-7-14-11)12-8-9-4-2-1-3-5-9;1-2(4)3(5)6/h2-6,10,12H,7-9H2,1H3;1-5,10,12H,6-8H2;2H,1H3/t10-,12?;;2-/m1.1/s1. The van der Waals surface area contributed by atoms with Gasteiger partial charge in [-0.1, -0.05) is 60.7 Å². The largest absolute Gasteiger partial charge is 0.464 e. The van der Waals surface area contributed by atoms with Crippen LogP contribution in [0.25, 0.3) is 0 Å². The summed E-state index contributed by atoms with van der Waals surface area (Å²) in [4.78, 5) is 46.2. The van der Waals surface area contributed by atoms with Crippen molar-refractivity contribution in [3.8, 4) is 0 Å². The molecule has 2 heterocycles. The van der Waals surface area contributed by atoms with E-state index in [2.05, 4.69) is 5.32 Å². The fourth-order valence-electron chi connectivity index (χ4n) is 3.64. The highest BCUT2D eigenvalue weighted by atomic mass is 35.5. The average Bonchev–Trinajstić information content (AvgIpc) is 3.54. The van der Waals surface area contributed by atoms with E-state index in [-0.39, 0.29) is 23.9 Å². The summed E-state index contributed by atoms with van der Waals surface area (Å²) in [5, 5.41) is 1.47. The molecule has 11 heteroatoms. The van der Waals surface area contributed by atoms with Crippen LogP contribution in [0.4, 0.5) is 0 Å². The first-order valence-electron chi connectivity index (χ1n) is 12.5. The van der Waals surface area contributed by atoms with Crippen LogP contribution in [0.15, 0.2) is 60.7 Å². The second kappa shape index (κ2) is 17.1. The van der Waals surface area contributed by atoms with Gasteiger partial charge in [0.25, 0.3) is 0 Å². The van der Waals surface area contributed by atoms with E-state index in [1.807, 2.05) is 60.7 Å². The number of halogens is 3. The van der Waals surface area contributed by atoms with Crippen molar-refractivity contribution in [2.45, 2.75) is 62.6 Å². The van der Waals surface area contributed by atoms with Crippen LogP contribution in [0.3, 0.4) is 0 Å². The Hall–Kier alpha value is -2.65. The molecule has 2 aromatic carbocycles. The molecule has 4 rings (SSSR count). The highest BCUT2D eigenvalue weighted by Gasteiger charge is 2.36. The number of rotatable bonds is 8. The van der Waals surface area contributed by atoms with Gasteiger partial charge in [-0.2, -0.15) is 0 Å². The van der Waals surface area contributed by atoms with Gasteiger partial charge in [0, 0.05) is 25.9 Å². The Morgan fingerprint density at radius 3 is 1.82 bits per heavy atom. The number of amides is 1. The summed E-state index contributed by atoms with van der Waals surface area (Å²) in [6.07, 6.45) is 1.31. The van der Waals surface area contributed by atoms with E-state index >= 15 is 0 Å². The zero-order valence-corrected chi connectivity index (χ0v) is 24.1. The maximum absolute atomic E-state index is 12.2. The number of nitrogens with one attached hydrogen (secondary N) is 1. The Morgan fingerprint density at radius 1 is 0.872 bits per heavy atom. The number of benzene rings is 2. The summed E-state index contributed by atoms with van der Waals surface area (Å²) in [5.41, 5.74) is 2.15. The van der Waals surface area contributed by atoms with Crippen LogP contribution in [-0.2, 0) is 41.7 Å². The maximum atomic E-state index is 12.2. The van der Waals surface area contributed by atoms with E-state index in [1.165, 1.54) is 17.4 Å². The Bertz CT molecular complexity index is 1070. The van der Waals surface area contributed by atoms with E-state index < -0.39 is 22.0 Å². The summed E-state index contributed by atoms with van der Waals surface area (Å²) < 4.78 is 9.79. The molecule has 4 atom stereocenters. The van der Waals surface area contributed by atoms with Crippen LogP contribution >= 0.6 is 34.8 Å². The van der Waals surface area contributed by atoms with E-state index in [1.54, 1.807) is 6.92 Å². The summed E-state index contributed by atoms with van der Waals surface area (Å²) >= 11 is 15.8. The average molecular weight is 600 g/mol. The fourth-order valence-corrected chi connectivity index (χ4v) is 3.76. The highest BCUT2D eigenvalue weighted by Crippen LogP contribution is 2.19. The molecule has 0 aromatic heterocycles. The number of esters is 2. The molecule has 2 fully saturated rings. The van der Waals surface area contributed by atoms with Crippen LogP contribution in [0, 0.1) is 0 Å². The number of nitrogens with zero attached hydrogens (tertiary/aromatic N) is 1. The zero-order valence-electron chi connectivity index (χ0n) is 21.9. The first-order chi connectivity index (χ1) is 18.6. The Labute approximate surface area is 243 Å². The number of alkyl halides is 2. The minimum Gasteiger partial charge on any atom is -0.464 e. The van der Waals surface area contributed by atoms with Crippen molar-refractivity contribution in [2.24, 2.45) is 0 Å². The summed E-state index contributed by atoms with van der Waals surface area (Å²) in [6.45, 7) is 5.14. The molecule has 2 unspecified atom stereocenters. The molecular weight excluding hydrogens is 567 g/mol. The van der Waals surface area contributed by atoms with Gasteiger partial charge in [-0.05, 0) is 36.6 Å². The molecule has 8 nitrogen and oxygen atoms in total. The Morgan fingerprint density at radius 2 is 1.38 bits per heavy atom. The van der Waals surface area contributed by atoms with Gasteiger partial charge in [-0.15, -0.1) is 23.2 Å².